The van der Waals surface area contributed by atoms with Crippen LogP contribution in [0.5, 0.6) is 5.75 Å². The number of nitrogens with zero attached hydrogens (tertiary/aromatic N) is 1. The van der Waals surface area contributed by atoms with Crippen molar-refractivity contribution in [2.24, 2.45) is 0 Å². The number of amides is 1. The van der Waals surface area contributed by atoms with Gasteiger partial charge < -0.3 is 10.4 Å². The third-order valence-corrected chi connectivity index (χ3v) is 2.40. The Bertz CT molecular complexity index is 597. The second kappa shape index (κ2) is 5.43. The van der Waals surface area contributed by atoms with Gasteiger partial charge in [-0.15, -0.1) is 0 Å². The number of anilines is 1. The molecule has 98 valence electrons. The van der Waals surface area contributed by atoms with Gasteiger partial charge in [-0.3, -0.25) is 4.79 Å². The van der Waals surface area contributed by atoms with Gasteiger partial charge in [0.15, 0.2) is 11.9 Å². The molecule has 1 amide bonds. The third kappa shape index (κ3) is 3.25. The van der Waals surface area contributed by atoms with E-state index < -0.39 is 23.2 Å². The minimum atomic E-state index is -0.839. The van der Waals surface area contributed by atoms with E-state index in [0.717, 1.165) is 12.1 Å². The van der Waals surface area contributed by atoms with Crippen molar-refractivity contribution in [1.82, 2.24) is 0 Å². The highest BCUT2D eigenvalue weighted by Crippen LogP contribution is 2.17. The SMILES string of the molecule is O=C(C[n+]1cccc(O)c1)Nc1c(F)cccc1F. The summed E-state index contributed by atoms with van der Waals surface area (Å²) in [6.07, 6.45) is 2.88. The highest BCUT2D eigenvalue weighted by atomic mass is 19.1. The van der Waals surface area contributed by atoms with Gasteiger partial charge >= 0.3 is 0 Å². The van der Waals surface area contributed by atoms with Crippen LogP contribution in [-0.4, -0.2) is 11.0 Å². The summed E-state index contributed by atoms with van der Waals surface area (Å²) in [7, 11) is 0. The first-order valence-corrected chi connectivity index (χ1v) is 5.48. The summed E-state index contributed by atoms with van der Waals surface area (Å²) < 4.78 is 28.0. The van der Waals surface area contributed by atoms with Crippen LogP contribution in [0.1, 0.15) is 0 Å². The smallest absolute Gasteiger partial charge is 0.290 e. The van der Waals surface area contributed by atoms with Crippen molar-refractivity contribution in [3.8, 4) is 5.75 Å². The van der Waals surface area contributed by atoms with Crippen LogP contribution in [0.25, 0.3) is 0 Å². The number of hydrogen-bond acceptors (Lipinski definition) is 2. The lowest BCUT2D eigenvalue weighted by atomic mass is 10.3. The Morgan fingerprint density at radius 3 is 2.53 bits per heavy atom. The van der Waals surface area contributed by atoms with Gasteiger partial charge in [0.1, 0.15) is 17.3 Å². The van der Waals surface area contributed by atoms with Crippen molar-refractivity contribution in [1.29, 1.82) is 0 Å². The molecule has 19 heavy (non-hydrogen) atoms. The predicted molar refractivity (Wildman–Crippen MR) is 63.3 cm³/mol. The number of rotatable bonds is 3. The summed E-state index contributed by atoms with van der Waals surface area (Å²) in [6, 6.07) is 6.32. The van der Waals surface area contributed by atoms with Crippen LogP contribution >= 0.6 is 0 Å². The molecule has 4 nitrogen and oxygen atoms in total. The van der Waals surface area contributed by atoms with Gasteiger partial charge in [0.2, 0.25) is 12.7 Å². The van der Waals surface area contributed by atoms with Crippen LogP contribution in [-0.2, 0) is 11.3 Å². The highest BCUT2D eigenvalue weighted by Gasteiger charge is 2.15. The van der Waals surface area contributed by atoms with E-state index in [9.17, 15) is 18.7 Å². The monoisotopic (exact) mass is 265 g/mol. The molecule has 2 N–H and O–H groups in total. The number of pyridine rings is 1. The van der Waals surface area contributed by atoms with E-state index >= 15 is 0 Å². The summed E-state index contributed by atoms with van der Waals surface area (Å²) in [6.45, 7) is -0.165. The molecule has 0 saturated carbocycles. The fraction of sp³-hybridized carbons (Fsp3) is 0.0769. The average Bonchev–Trinajstić information content (AvgIpc) is 2.34. The number of benzene rings is 1. The average molecular weight is 265 g/mol. The van der Waals surface area contributed by atoms with E-state index in [1.807, 2.05) is 0 Å². The van der Waals surface area contributed by atoms with Gasteiger partial charge in [0.25, 0.3) is 5.91 Å². The number of aromatic nitrogens is 1. The maximum Gasteiger partial charge on any atom is 0.290 e. The lowest BCUT2D eigenvalue weighted by Gasteiger charge is -2.05. The van der Waals surface area contributed by atoms with Crippen molar-refractivity contribution in [2.75, 3.05) is 5.32 Å². The third-order valence-electron chi connectivity index (χ3n) is 2.40. The molecule has 0 unspecified atom stereocenters. The van der Waals surface area contributed by atoms with E-state index in [0.29, 0.717) is 0 Å². The maximum atomic E-state index is 13.3. The topological polar surface area (TPSA) is 53.2 Å². The van der Waals surface area contributed by atoms with Gasteiger partial charge in [-0.2, -0.15) is 4.57 Å². The molecule has 0 radical (unpaired) electrons. The van der Waals surface area contributed by atoms with E-state index in [-0.39, 0.29) is 12.3 Å². The molecule has 2 rings (SSSR count). The molecule has 0 bridgehead atoms. The highest BCUT2D eigenvalue weighted by molar-refractivity contribution is 5.89. The van der Waals surface area contributed by atoms with Crippen LogP contribution in [0.4, 0.5) is 14.5 Å². The minimum absolute atomic E-state index is 0.00706. The summed E-state index contributed by atoms with van der Waals surface area (Å²) in [5.74, 6) is -2.28. The summed E-state index contributed by atoms with van der Waals surface area (Å²) in [4.78, 5) is 11.7. The fourth-order valence-corrected chi connectivity index (χ4v) is 1.57. The molecule has 0 spiro atoms. The number of para-hydroxylation sites is 1. The zero-order valence-corrected chi connectivity index (χ0v) is 9.81. The predicted octanol–water partition coefficient (Wildman–Crippen LogP) is 1.60. The number of carbonyl (C=O) groups is 1. The Balaban J connectivity index is 2.10. The van der Waals surface area contributed by atoms with Crippen molar-refractivity contribution in [2.45, 2.75) is 6.54 Å². The molecule has 1 heterocycles. The number of carbonyl (C=O) groups excluding carboxylic acids is 1. The lowest BCUT2D eigenvalue weighted by molar-refractivity contribution is -0.684. The second-order valence-electron chi connectivity index (χ2n) is 3.88. The lowest BCUT2D eigenvalue weighted by Crippen LogP contribution is -2.39. The van der Waals surface area contributed by atoms with E-state index in [1.165, 1.54) is 22.9 Å². The van der Waals surface area contributed by atoms with Crippen LogP contribution < -0.4 is 9.88 Å². The van der Waals surface area contributed by atoms with Gasteiger partial charge in [0.05, 0.1) is 0 Å². The summed E-state index contributed by atoms with van der Waals surface area (Å²) >= 11 is 0. The second-order valence-corrected chi connectivity index (χ2v) is 3.88. The molecule has 0 atom stereocenters. The molecule has 0 fully saturated rings. The molecular formula is C13H11F2N2O2+. The van der Waals surface area contributed by atoms with Crippen LogP contribution in [0.2, 0.25) is 0 Å². The zero-order valence-electron chi connectivity index (χ0n) is 9.81. The quantitative estimate of drug-likeness (QED) is 0.828. The van der Waals surface area contributed by atoms with Crippen molar-refractivity contribution in [3.05, 3.63) is 54.4 Å². The standard InChI is InChI=1S/C13H10F2N2O2/c14-10-4-1-5-11(15)13(10)16-12(19)8-17-6-2-3-9(18)7-17/h1-7H,8H2,(H-,16,18,19)/p+1. The van der Waals surface area contributed by atoms with Crippen LogP contribution in [0.15, 0.2) is 42.7 Å². The first-order valence-electron chi connectivity index (χ1n) is 5.48. The Morgan fingerprint density at radius 2 is 1.89 bits per heavy atom. The van der Waals surface area contributed by atoms with Gasteiger partial charge in [0, 0.05) is 6.07 Å². The zero-order chi connectivity index (χ0) is 13.8. The molecule has 1 aromatic heterocycles. The largest absolute Gasteiger partial charge is 0.503 e. The minimum Gasteiger partial charge on any atom is -0.503 e. The van der Waals surface area contributed by atoms with E-state index in [1.54, 1.807) is 12.3 Å². The van der Waals surface area contributed by atoms with Gasteiger partial charge in [-0.25, -0.2) is 8.78 Å². The Hall–Kier alpha value is -2.50. The number of aromatic hydroxyl groups is 1. The molecule has 0 aliphatic heterocycles. The van der Waals surface area contributed by atoms with Gasteiger partial charge in [-0.05, 0) is 18.2 Å². The molecule has 0 aliphatic rings. The fourth-order valence-electron chi connectivity index (χ4n) is 1.57. The molecule has 0 aliphatic carbocycles. The van der Waals surface area contributed by atoms with E-state index in [4.69, 9.17) is 0 Å². The molecule has 1 aromatic carbocycles. The molecule has 0 saturated heterocycles. The van der Waals surface area contributed by atoms with Crippen molar-refractivity contribution >= 4 is 11.6 Å². The Kier molecular flexibility index (Phi) is 3.70. The Morgan fingerprint density at radius 1 is 1.21 bits per heavy atom. The van der Waals surface area contributed by atoms with Crippen LogP contribution in [0, 0.1) is 11.6 Å². The van der Waals surface area contributed by atoms with Gasteiger partial charge in [-0.1, -0.05) is 6.07 Å². The Labute approximate surface area is 107 Å². The number of nitrogens with one attached hydrogen (secondary N) is 1. The summed E-state index contributed by atoms with van der Waals surface area (Å²) in [5.41, 5.74) is -0.478. The summed E-state index contributed by atoms with van der Waals surface area (Å²) in [5, 5.41) is 11.4. The molecular weight excluding hydrogens is 254 g/mol. The first-order chi connectivity index (χ1) is 9.06. The van der Waals surface area contributed by atoms with E-state index in [2.05, 4.69) is 5.32 Å². The molecule has 6 heteroatoms. The van der Waals surface area contributed by atoms with Crippen molar-refractivity contribution < 1.29 is 23.2 Å². The number of halogens is 2. The maximum absolute atomic E-state index is 13.3. The van der Waals surface area contributed by atoms with Crippen molar-refractivity contribution in [3.63, 3.8) is 0 Å². The molecule has 2 aromatic rings. The number of hydrogen-bond donors (Lipinski definition) is 2. The normalized spacial score (nSPS) is 10.2. The van der Waals surface area contributed by atoms with Crippen LogP contribution in [0.3, 0.4) is 0 Å². The first kappa shape index (κ1) is 12.9.